The molecule has 106 valence electrons. The maximum Gasteiger partial charge on any atom is 0.133 e. The lowest BCUT2D eigenvalue weighted by Gasteiger charge is -2.08. The lowest BCUT2D eigenvalue weighted by Crippen LogP contribution is -1.94. The summed E-state index contributed by atoms with van der Waals surface area (Å²) in [4.78, 5) is 4.50. The maximum absolute atomic E-state index is 6.34. The molecule has 1 heterocycles. The van der Waals surface area contributed by atoms with Gasteiger partial charge in [0.15, 0.2) is 0 Å². The minimum absolute atomic E-state index is 0.586. The Bertz CT molecular complexity index is 827. The van der Waals surface area contributed by atoms with Gasteiger partial charge in [-0.15, -0.1) is 0 Å². The third kappa shape index (κ3) is 3.12. The number of benzene rings is 2. The van der Waals surface area contributed by atoms with Crippen molar-refractivity contribution in [2.45, 2.75) is 20.3 Å². The fourth-order valence-corrected chi connectivity index (χ4v) is 3.02. The molecule has 0 saturated carbocycles. The molecule has 0 atom stereocenters. The molecule has 0 aliphatic carbocycles. The zero-order valence-corrected chi connectivity index (χ0v) is 14.3. The second-order valence-electron chi connectivity index (χ2n) is 5.37. The van der Waals surface area contributed by atoms with Crippen LogP contribution in [-0.4, -0.2) is 4.98 Å². The van der Waals surface area contributed by atoms with Crippen LogP contribution in [0.15, 0.2) is 46.9 Å². The van der Waals surface area contributed by atoms with E-state index in [0.717, 1.165) is 27.4 Å². The Hall–Kier alpha value is -1.38. The second-order valence-corrected chi connectivity index (χ2v) is 6.64. The first-order valence-corrected chi connectivity index (χ1v) is 8.01. The molecule has 2 aromatic carbocycles. The highest BCUT2D eigenvalue weighted by atomic mass is 79.9. The molecular weight excluding hydrogens is 346 g/mol. The molecule has 1 nitrogen and oxygen atoms in total. The summed E-state index contributed by atoms with van der Waals surface area (Å²) in [5.74, 6) is 0. The van der Waals surface area contributed by atoms with Crippen LogP contribution in [0.2, 0.25) is 5.15 Å². The van der Waals surface area contributed by atoms with Gasteiger partial charge in [0.25, 0.3) is 0 Å². The molecule has 0 saturated heterocycles. The van der Waals surface area contributed by atoms with Crippen molar-refractivity contribution in [2.75, 3.05) is 0 Å². The van der Waals surface area contributed by atoms with E-state index < -0.39 is 0 Å². The molecule has 0 amide bonds. The first-order valence-electron chi connectivity index (χ1n) is 6.84. The van der Waals surface area contributed by atoms with Crippen LogP contribution in [0.3, 0.4) is 0 Å². The average molecular weight is 361 g/mol. The summed E-state index contributed by atoms with van der Waals surface area (Å²) in [6, 6.07) is 14.7. The molecule has 3 rings (SSSR count). The molecule has 1 aromatic heterocycles. The Morgan fingerprint density at radius 2 is 1.81 bits per heavy atom. The van der Waals surface area contributed by atoms with E-state index in [1.165, 1.54) is 16.7 Å². The maximum atomic E-state index is 6.34. The van der Waals surface area contributed by atoms with Crippen molar-refractivity contribution in [3.05, 3.63) is 74.3 Å². The molecule has 0 bridgehead atoms. The molecule has 0 fully saturated rings. The topological polar surface area (TPSA) is 12.9 Å². The minimum Gasteiger partial charge on any atom is -0.236 e. The van der Waals surface area contributed by atoms with Gasteiger partial charge in [0.05, 0.1) is 5.52 Å². The normalized spacial score (nSPS) is 11.0. The molecule has 21 heavy (non-hydrogen) atoms. The molecule has 0 aliphatic heterocycles. The minimum atomic E-state index is 0.586. The van der Waals surface area contributed by atoms with Crippen molar-refractivity contribution >= 4 is 38.4 Å². The third-order valence-electron chi connectivity index (χ3n) is 3.77. The second kappa shape index (κ2) is 5.78. The van der Waals surface area contributed by atoms with E-state index in [9.17, 15) is 0 Å². The Balaban J connectivity index is 2.03. The molecule has 3 aromatic rings. The van der Waals surface area contributed by atoms with Gasteiger partial charge >= 0.3 is 0 Å². The molecule has 3 heteroatoms. The largest absolute Gasteiger partial charge is 0.236 e. The zero-order valence-electron chi connectivity index (χ0n) is 12.0. The smallest absolute Gasteiger partial charge is 0.133 e. The van der Waals surface area contributed by atoms with Crippen LogP contribution in [0.25, 0.3) is 10.9 Å². The number of fused-ring (bicyclic) bond motifs is 1. The lowest BCUT2D eigenvalue weighted by molar-refractivity contribution is 1.15. The SMILES string of the molecule is Cc1ccc(Cc2cc3cc(Br)ccc3nc2Cl)cc1C. The Labute approximate surface area is 138 Å². The number of pyridine rings is 1. The van der Waals surface area contributed by atoms with E-state index >= 15 is 0 Å². The van der Waals surface area contributed by atoms with E-state index in [2.05, 4.69) is 65.1 Å². The van der Waals surface area contributed by atoms with Crippen LogP contribution in [0.5, 0.6) is 0 Å². The van der Waals surface area contributed by atoms with Gasteiger partial charge in [0.2, 0.25) is 0 Å². The number of halogens is 2. The van der Waals surface area contributed by atoms with E-state index in [1.54, 1.807) is 0 Å². The number of rotatable bonds is 2. The van der Waals surface area contributed by atoms with Gasteiger partial charge in [-0.1, -0.05) is 45.7 Å². The molecule has 0 unspecified atom stereocenters. The molecule has 0 radical (unpaired) electrons. The highest BCUT2D eigenvalue weighted by Gasteiger charge is 2.07. The summed E-state index contributed by atoms with van der Waals surface area (Å²) in [5.41, 5.74) is 5.86. The Morgan fingerprint density at radius 3 is 2.57 bits per heavy atom. The summed E-state index contributed by atoms with van der Waals surface area (Å²) in [6.07, 6.45) is 0.801. The van der Waals surface area contributed by atoms with Crippen molar-refractivity contribution in [1.82, 2.24) is 4.98 Å². The number of hydrogen-bond acceptors (Lipinski definition) is 1. The number of aromatic nitrogens is 1. The first-order chi connectivity index (χ1) is 10.0. The molecular formula is C18H15BrClN. The van der Waals surface area contributed by atoms with Gasteiger partial charge < -0.3 is 0 Å². The van der Waals surface area contributed by atoms with Crippen molar-refractivity contribution in [2.24, 2.45) is 0 Å². The molecule has 0 spiro atoms. The van der Waals surface area contributed by atoms with Gasteiger partial charge in [-0.25, -0.2) is 4.98 Å². The van der Waals surface area contributed by atoms with E-state index in [-0.39, 0.29) is 0 Å². The van der Waals surface area contributed by atoms with Crippen LogP contribution in [0.1, 0.15) is 22.3 Å². The first kappa shape index (κ1) is 14.6. The third-order valence-corrected chi connectivity index (χ3v) is 4.59. The summed E-state index contributed by atoms with van der Waals surface area (Å²) in [7, 11) is 0. The fraction of sp³-hybridized carbons (Fsp3) is 0.167. The van der Waals surface area contributed by atoms with Crippen molar-refractivity contribution in [3.8, 4) is 0 Å². The standard InChI is InChI=1S/C18H15BrClN/c1-11-3-4-13(7-12(11)2)8-15-9-14-10-16(19)5-6-17(14)21-18(15)20/h3-7,9-10H,8H2,1-2H3. The van der Waals surface area contributed by atoms with Gasteiger partial charge in [-0.2, -0.15) is 0 Å². The van der Waals surface area contributed by atoms with Crippen molar-refractivity contribution < 1.29 is 0 Å². The van der Waals surface area contributed by atoms with Crippen LogP contribution < -0.4 is 0 Å². The Kier molecular flexibility index (Phi) is 4.01. The van der Waals surface area contributed by atoms with E-state index in [4.69, 9.17) is 11.6 Å². The quantitative estimate of drug-likeness (QED) is 0.522. The predicted octanol–water partition coefficient (Wildman–Crippen LogP) is 5.86. The summed E-state index contributed by atoms with van der Waals surface area (Å²) in [6.45, 7) is 4.26. The number of nitrogens with zero attached hydrogens (tertiary/aromatic N) is 1. The zero-order chi connectivity index (χ0) is 15.0. The predicted molar refractivity (Wildman–Crippen MR) is 93.2 cm³/mol. The monoisotopic (exact) mass is 359 g/mol. The summed E-state index contributed by atoms with van der Waals surface area (Å²) in [5, 5.41) is 1.69. The van der Waals surface area contributed by atoms with Gasteiger partial charge in [0.1, 0.15) is 5.15 Å². The fourth-order valence-electron chi connectivity index (χ4n) is 2.42. The summed E-state index contributed by atoms with van der Waals surface area (Å²) >= 11 is 9.84. The van der Waals surface area contributed by atoms with Crippen LogP contribution >= 0.6 is 27.5 Å². The molecule has 0 N–H and O–H groups in total. The van der Waals surface area contributed by atoms with E-state index in [0.29, 0.717) is 5.15 Å². The summed E-state index contributed by atoms with van der Waals surface area (Å²) < 4.78 is 1.05. The van der Waals surface area contributed by atoms with Crippen LogP contribution in [-0.2, 0) is 6.42 Å². The highest BCUT2D eigenvalue weighted by Crippen LogP contribution is 2.25. The van der Waals surface area contributed by atoms with Gasteiger partial charge in [-0.3, -0.25) is 0 Å². The van der Waals surface area contributed by atoms with E-state index in [1.807, 2.05) is 12.1 Å². The number of aryl methyl sites for hydroxylation is 2. The molecule has 0 aliphatic rings. The van der Waals surface area contributed by atoms with Crippen LogP contribution in [0, 0.1) is 13.8 Å². The van der Waals surface area contributed by atoms with Crippen molar-refractivity contribution in [1.29, 1.82) is 0 Å². The number of hydrogen-bond donors (Lipinski definition) is 0. The van der Waals surface area contributed by atoms with Crippen molar-refractivity contribution in [3.63, 3.8) is 0 Å². The van der Waals surface area contributed by atoms with Gasteiger partial charge in [-0.05, 0) is 60.4 Å². The lowest BCUT2D eigenvalue weighted by atomic mass is 10.0. The van der Waals surface area contributed by atoms with Gasteiger partial charge in [0, 0.05) is 16.3 Å². The Morgan fingerprint density at radius 1 is 1.00 bits per heavy atom. The average Bonchev–Trinajstić information content (AvgIpc) is 2.44. The van der Waals surface area contributed by atoms with Crippen LogP contribution in [0.4, 0.5) is 0 Å². The highest BCUT2D eigenvalue weighted by molar-refractivity contribution is 9.10.